The molecule has 1 radical (unpaired) electrons. The van der Waals surface area contributed by atoms with Crippen LogP contribution in [0.3, 0.4) is 0 Å². The number of carbonyl (C=O) groups is 1. The van der Waals surface area contributed by atoms with Crippen molar-refractivity contribution < 1.29 is 9.90 Å². The lowest BCUT2D eigenvalue weighted by atomic mass is 10.1. The molecule has 2 rings (SSSR count). The van der Waals surface area contributed by atoms with Gasteiger partial charge in [-0.05, 0) is 60.9 Å². The lowest BCUT2D eigenvalue weighted by molar-refractivity contribution is 0.270. The molecule has 0 bridgehead atoms. The molecule has 0 saturated carbocycles. The predicted molar refractivity (Wildman–Crippen MR) is 95.5 cm³/mol. The average Bonchev–Trinajstić information content (AvgIpc) is 2.48. The van der Waals surface area contributed by atoms with Crippen LogP contribution in [0.25, 0.3) is 0 Å². The smallest absolute Gasteiger partial charge is 0.294 e. The first-order chi connectivity index (χ1) is 10.5. The van der Waals surface area contributed by atoms with Crippen molar-refractivity contribution in [3.8, 4) is 5.75 Å². The van der Waals surface area contributed by atoms with E-state index in [1.807, 2.05) is 32.0 Å². The minimum absolute atomic E-state index is 0.188. The second kappa shape index (κ2) is 7.38. The van der Waals surface area contributed by atoms with Crippen LogP contribution in [0.1, 0.15) is 16.7 Å². The minimum atomic E-state index is -0.278. The zero-order chi connectivity index (χ0) is 16.1. The van der Waals surface area contributed by atoms with Crippen LogP contribution in [0.2, 0.25) is 0 Å². The maximum atomic E-state index is 11.3. The van der Waals surface area contributed by atoms with Gasteiger partial charge in [0, 0.05) is 28.3 Å². The van der Waals surface area contributed by atoms with Crippen LogP contribution in [-0.2, 0) is 0 Å². The quantitative estimate of drug-likeness (QED) is 0.605. The molecule has 0 aliphatic carbocycles. The third-order valence-corrected chi connectivity index (χ3v) is 3.79. The highest BCUT2D eigenvalue weighted by Gasteiger charge is 2.07. The van der Waals surface area contributed by atoms with E-state index in [-0.39, 0.29) is 11.0 Å². The molecule has 0 spiro atoms. The number of para-hydroxylation sites is 1. The third-order valence-electron chi connectivity index (χ3n) is 3.08. The Kier molecular flexibility index (Phi) is 5.51. The third kappa shape index (κ3) is 4.05. The zero-order valence-corrected chi connectivity index (χ0v) is 13.8. The molecule has 0 atom stereocenters. The average molecular weight is 331 g/mol. The number of nitrogens with zero attached hydrogens (tertiary/aromatic N) is 1. The van der Waals surface area contributed by atoms with Gasteiger partial charge in [-0.25, -0.2) is 0 Å². The summed E-state index contributed by atoms with van der Waals surface area (Å²) >= 11 is 4.63. The number of nitrogens with one attached hydrogen (secondary N) is 1. The monoisotopic (exact) mass is 331 g/mol. The molecular formula is C16H15N2O2S2. The fourth-order valence-corrected chi connectivity index (χ4v) is 2.39. The van der Waals surface area contributed by atoms with Gasteiger partial charge in [0.25, 0.3) is 5.24 Å². The minimum Gasteiger partial charge on any atom is -0.507 e. The summed E-state index contributed by atoms with van der Waals surface area (Å²) in [6, 6.07) is 10.7. The fraction of sp³-hybridized carbons (Fsp3) is 0.125. The van der Waals surface area contributed by atoms with Gasteiger partial charge in [0.1, 0.15) is 5.75 Å². The molecule has 2 N–H and O–H groups in total. The van der Waals surface area contributed by atoms with Crippen molar-refractivity contribution in [1.29, 1.82) is 0 Å². The fourth-order valence-electron chi connectivity index (χ4n) is 2.10. The van der Waals surface area contributed by atoms with Crippen molar-refractivity contribution in [2.24, 2.45) is 4.99 Å². The van der Waals surface area contributed by atoms with Crippen molar-refractivity contribution >= 4 is 45.3 Å². The standard InChI is InChI=1S/C16H15N2O2S2/c1-10-7-13(18-16(20)22-21)8-11(2)15(10)17-9-12-5-3-4-6-14(12)19/h3-9,19H,1-2H3,(H,18,20). The maximum absolute atomic E-state index is 11.3. The molecule has 0 aliphatic heterocycles. The normalized spacial score (nSPS) is 10.9. The molecule has 0 fully saturated rings. The summed E-state index contributed by atoms with van der Waals surface area (Å²) in [7, 11) is 0.721. The van der Waals surface area contributed by atoms with E-state index in [4.69, 9.17) is 0 Å². The number of aromatic hydroxyl groups is 1. The summed E-state index contributed by atoms with van der Waals surface area (Å²) in [6.07, 6.45) is 1.63. The topological polar surface area (TPSA) is 61.7 Å². The van der Waals surface area contributed by atoms with Crippen molar-refractivity contribution in [2.75, 3.05) is 5.32 Å². The first-order valence-corrected chi connectivity index (χ1v) is 8.29. The number of rotatable bonds is 3. The highest BCUT2D eigenvalue weighted by atomic mass is 33.1. The number of phenolic OH excluding ortho intramolecular Hbond substituents is 1. The second-order valence-electron chi connectivity index (χ2n) is 4.77. The zero-order valence-electron chi connectivity index (χ0n) is 12.2. The van der Waals surface area contributed by atoms with Crippen molar-refractivity contribution in [1.82, 2.24) is 0 Å². The highest BCUT2D eigenvalue weighted by molar-refractivity contribution is 8.74. The lowest BCUT2D eigenvalue weighted by Gasteiger charge is -2.09. The van der Waals surface area contributed by atoms with Gasteiger partial charge in [0.2, 0.25) is 0 Å². The Labute approximate surface area is 138 Å². The van der Waals surface area contributed by atoms with Gasteiger partial charge in [-0.1, -0.05) is 12.1 Å². The van der Waals surface area contributed by atoms with E-state index in [1.54, 1.807) is 24.4 Å². The summed E-state index contributed by atoms with van der Waals surface area (Å²) in [4.78, 5) is 15.8. The van der Waals surface area contributed by atoms with Crippen molar-refractivity contribution in [3.05, 3.63) is 53.1 Å². The van der Waals surface area contributed by atoms with Gasteiger partial charge in [-0.3, -0.25) is 9.79 Å². The van der Waals surface area contributed by atoms with Gasteiger partial charge < -0.3 is 10.4 Å². The number of benzene rings is 2. The van der Waals surface area contributed by atoms with Gasteiger partial charge >= 0.3 is 0 Å². The molecule has 2 aromatic carbocycles. The molecule has 6 heteroatoms. The largest absolute Gasteiger partial charge is 0.507 e. The van der Waals surface area contributed by atoms with Crippen LogP contribution < -0.4 is 5.32 Å². The SMILES string of the molecule is Cc1cc(NC(=O)S[S])cc(C)c1N=Cc1ccccc1O. The molecule has 0 aliphatic rings. The van der Waals surface area contributed by atoms with Crippen LogP contribution in [0, 0.1) is 13.8 Å². The van der Waals surface area contributed by atoms with Gasteiger partial charge in [0.15, 0.2) is 0 Å². The molecule has 4 nitrogen and oxygen atoms in total. The van der Waals surface area contributed by atoms with E-state index in [1.165, 1.54) is 0 Å². The first-order valence-electron chi connectivity index (χ1n) is 6.55. The summed E-state index contributed by atoms with van der Waals surface area (Å²) in [6.45, 7) is 3.84. The van der Waals surface area contributed by atoms with Crippen LogP contribution in [-0.4, -0.2) is 16.6 Å². The summed E-state index contributed by atoms with van der Waals surface area (Å²) in [5.74, 6) is 0.188. The molecule has 0 saturated heterocycles. The van der Waals surface area contributed by atoms with E-state index in [0.29, 0.717) is 11.3 Å². The van der Waals surface area contributed by atoms with Gasteiger partial charge in [-0.2, -0.15) is 0 Å². The van der Waals surface area contributed by atoms with E-state index >= 15 is 0 Å². The van der Waals surface area contributed by atoms with E-state index < -0.39 is 0 Å². The number of aryl methyl sites for hydroxylation is 2. The Morgan fingerprint density at radius 3 is 2.50 bits per heavy atom. The Morgan fingerprint density at radius 2 is 1.91 bits per heavy atom. The van der Waals surface area contributed by atoms with Crippen LogP contribution >= 0.6 is 22.5 Å². The number of anilines is 1. The highest BCUT2D eigenvalue weighted by Crippen LogP contribution is 2.28. The number of hydrogen-bond donors (Lipinski definition) is 2. The molecular weight excluding hydrogens is 316 g/mol. The number of phenols is 1. The van der Waals surface area contributed by atoms with Crippen LogP contribution in [0.5, 0.6) is 5.75 Å². The van der Waals surface area contributed by atoms with E-state index in [9.17, 15) is 9.90 Å². The van der Waals surface area contributed by atoms with Crippen molar-refractivity contribution in [3.63, 3.8) is 0 Å². The molecule has 0 heterocycles. The van der Waals surface area contributed by atoms with Crippen molar-refractivity contribution in [2.45, 2.75) is 13.8 Å². The van der Waals surface area contributed by atoms with E-state index in [2.05, 4.69) is 22.0 Å². The number of aliphatic imine (C=N–C) groups is 1. The predicted octanol–water partition coefficient (Wildman–Crippen LogP) is 5.14. The summed E-state index contributed by atoms with van der Waals surface area (Å²) in [5.41, 5.74) is 4.01. The van der Waals surface area contributed by atoms with E-state index in [0.717, 1.165) is 27.6 Å². The second-order valence-corrected chi connectivity index (χ2v) is 5.81. The lowest BCUT2D eigenvalue weighted by Crippen LogP contribution is -2.03. The Hall–Kier alpha value is -1.92. The molecule has 0 unspecified atom stereocenters. The van der Waals surface area contributed by atoms with Crippen LogP contribution in [0.15, 0.2) is 41.4 Å². The Balaban J connectivity index is 2.29. The first kappa shape index (κ1) is 16.5. The number of carbonyl (C=O) groups excluding carboxylic acids is 1. The molecule has 2 aromatic rings. The Bertz CT molecular complexity index is 707. The number of hydrogen-bond acceptors (Lipinski definition) is 4. The van der Waals surface area contributed by atoms with Gasteiger partial charge in [-0.15, -0.1) is 0 Å². The maximum Gasteiger partial charge on any atom is 0.294 e. The van der Waals surface area contributed by atoms with Crippen LogP contribution in [0.4, 0.5) is 16.2 Å². The molecule has 0 aromatic heterocycles. The summed E-state index contributed by atoms with van der Waals surface area (Å²) in [5, 5.41) is 12.2. The number of amides is 1. The molecule has 113 valence electrons. The van der Waals surface area contributed by atoms with Gasteiger partial charge in [0.05, 0.1) is 5.69 Å². The molecule has 22 heavy (non-hydrogen) atoms. The summed E-state index contributed by atoms with van der Waals surface area (Å²) < 4.78 is 0. The Morgan fingerprint density at radius 1 is 1.27 bits per heavy atom. The molecule has 1 amide bonds.